The summed E-state index contributed by atoms with van der Waals surface area (Å²) in [5.74, 6) is 1.34. The monoisotopic (exact) mass is 433 g/mol. The molecule has 0 aliphatic carbocycles. The summed E-state index contributed by atoms with van der Waals surface area (Å²) in [5, 5.41) is 1.23. The number of amides is 2. The Hall–Kier alpha value is -3.48. The summed E-state index contributed by atoms with van der Waals surface area (Å²) in [4.78, 5) is 32.5. The number of rotatable bonds is 5. The number of para-hydroxylation sites is 3. The third-order valence-corrected chi connectivity index (χ3v) is 6.24. The number of fused-ring (bicyclic) bond motifs is 2. The Morgan fingerprint density at radius 3 is 2.50 bits per heavy atom. The fourth-order valence-corrected chi connectivity index (χ4v) is 4.45. The lowest BCUT2D eigenvalue weighted by Crippen LogP contribution is -2.55. The van der Waals surface area contributed by atoms with Gasteiger partial charge < -0.3 is 24.3 Å². The first-order chi connectivity index (χ1) is 15.7. The van der Waals surface area contributed by atoms with Crippen LogP contribution in [0.15, 0.2) is 54.7 Å². The zero-order valence-corrected chi connectivity index (χ0v) is 18.0. The maximum absolute atomic E-state index is 12.9. The molecule has 1 atom stereocenters. The molecule has 32 heavy (non-hydrogen) atoms. The van der Waals surface area contributed by atoms with Crippen LogP contribution in [0.2, 0.25) is 0 Å². The normalized spacial score (nSPS) is 18.1. The first kappa shape index (κ1) is 20.4. The standard InChI is InChI=1S/C25H27N3O4/c29-24(11-5-6-18-16-26-20-8-2-1-7-19(18)20)27-12-14-28(15-13-27)25(30)23-17-31-21-9-3-4-10-22(21)32-23/h1-4,7-10,16,23,26H,5-6,11-15,17H2. The Morgan fingerprint density at radius 2 is 1.66 bits per heavy atom. The molecule has 2 aliphatic heterocycles. The summed E-state index contributed by atoms with van der Waals surface area (Å²) in [7, 11) is 0. The van der Waals surface area contributed by atoms with Gasteiger partial charge in [0.2, 0.25) is 12.0 Å². The molecular formula is C25H27N3O4. The van der Waals surface area contributed by atoms with Crippen molar-refractivity contribution in [1.82, 2.24) is 14.8 Å². The van der Waals surface area contributed by atoms with Crippen LogP contribution in [0.25, 0.3) is 10.9 Å². The van der Waals surface area contributed by atoms with Crippen LogP contribution in [0.5, 0.6) is 11.5 Å². The molecule has 0 radical (unpaired) electrons. The number of aromatic nitrogens is 1. The van der Waals surface area contributed by atoms with E-state index in [1.807, 2.05) is 47.5 Å². The number of aryl methyl sites for hydroxylation is 1. The Morgan fingerprint density at radius 1 is 0.938 bits per heavy atom. The van der Waals surface area contributed by atoms with Gasteiger partial charge in [-0.2, -0.15) is 0 Å². The summed E-state index contributed by atoms with van der Waals surface area (Å²) < 4.78 is 11.5. The Kier molecular flexibility index (Phi) is 5.71. The van der Waals surface area contributed by atoms with Crippen LogP contribution in [0.1, 0.15) is 18.4 Å². The van der Waals surface area contributed by atoms with Crippen molar-refractivity contribution in [1.29, 1.82) is 0 Å². The third-order valence-electron chi connectivity index (χ3n) is 6.24. The molecule has 0 saturated carbocycles. The summed E-state index contributed by atoms with van der Waals surface area (Å²) in [5.41, 5.74) is 2.38. The topological polar surface area (TPSA) is 74.9 Å². The molecule has 1 aromatic heterocycles. The van der Waals surface area contributed by atoms with Crippen LogP contribution in [-0.4, -0.2) is 65.5 Å². The van der Waals surface area contributed by atoms with Crippen molar-refractivity contribution < 1.29 is 19.1 Å². The summed E-state index contributed by atoms with van der Waals surface area (Å²) >= 11 is 0. The number of carbonyl (C=O) groups is 2. The van der Waals surface area contributed by atoms with Crippen molar-refractivity contribution >= 4 is 22.7 Å². The van der Waals surface area contributed by atoms with Crippen molar-refractivity contribution in [2.24, 2.45) is 0 Å². The molecule has 1 N–H and O–H groups in total. The minimum absolute atomic E-state index is 0.0778. The zero-order valence-electron chi connectivity index (χ0n) is 18.0. The van der Waals surface area contributed by atoms with Gasteiger partial charge >= 0.3 is 0 Å². The molecule has 2 amide bonds. The number of nitrogens with one attached hydrogen (secondary N) is 1. The first-order valence-corrected chi connectivity index (χ1v) is 11.2. The lowest BCUT2D eigenvalue weighted by Gasteiger charge is -2.37. The second-order valence-corrected chi connectivity index (χ2v) is 8.28. The second-order valence-electron chi connectivity index (χ2n) is 8.28. The first-order valence-electron chi connectivity index (χ1n) is 11.2. The van der Waals surface area contributed by atoms with Crippen LogP contribution in [0.4, 0.5) is 0 Å². The average Bonchev–Trinajstić information content (AvgIpc) is 3.26. The number of ether oxygens (including phenoxy) is 2. The van der Waals surface area contributed by atoms with Gasteiger partial charge in [-0.15, -0.1) is 0 Å². The van der Waals surface area contributed by atoms with Crippen molar-refractivity contribution in [3.05, 3.63) is 60.3 Å². The molecule has 1 fully saturated rings. The summed E-state index contributed by atoms with van der Waals surface area (Å²) in [6.45, 7) is 2.37. The predicted molar refractivity (Wildman–Crippen MR) is 121 cm³/mol. The van der Waals surface area contributed by atoms with Crippen molar-refractivity contribution in [2.75, 3.05) is 32.8 Å². The SMILES string of the molecule is O=C(CCCc1c[nH]c2ccccc12)N1CCN(C(=O)C2COc3ccccc3O2)CC1. The van der Waals surface area contributed by atoms with E-state index >= 15 is 0 Å². The highest BCUT2D eigenvalue weighted by Crippen LogP contribution is 2.31. The largest absolute Gasteiger partial charge is 0.485 e. The maximum atomic E-state index is 12.9. The molecule has 1 unspecified atom stereocenters. The molecule has 3 heterocycles. The van der Waals surface area contributed by atoms with E-state index in [0.717, 1.165) is 18.4 Å². The number of aromatic amines is 1. The maximum Gasteiger partial charge on any atom is 0.267 e. The molecule has 7 heteroatoms. The van der Waals surface area contributed by atoms with Gasteiger partial charge in [0.05, 0.1) is 0 Å². The Balaban J connectivity index is 1.08. The van der Waals surface area contributed by atoms with E-state index in [4.69, 9.17) is 9.47 Å². The zero-order chi connectivity index (χ0) is 21.9. The Bertz CT molecular complexity index is 1120. The lowest BCUT2D eigenvalue weighted by atomic mass is 10.1. The van der Waals surface area contributed by atoms with Crippen molar-refractivity contribution in [2.45, 2.75) is 25.4 Å². The third kappa shape index (κ3) is 4.15. The van der Waals surface area contributed by atoms with Crippen LogP contribution in [0, 0.1) is 0 Å². The van der Waals surface area contributed by atoms with Gasteiger partial charge in [0.25, 0.3) is 5.91 Å². The molecule has 0 bridgehead atoms. The van der Waals surface area contributed by atoms with Gasteiger partial charge in [-0.3, -0.25) is 9.59 Å². The molecule has 3 aromatic rings. The van der Waals surface area contributed by atoms with E-state index in [-0.39, 0.29) is 18.4 Å². The van der Waals surface area contributed by atoms with E-state index in [1.165, 1.54) is 10.9 Å². The van der Waals surface area contributed by atoms with Crippen LogP contribution < -0.4 is 9.47 Å². The molecule has 5 rings (SSSR count). The van der Waals surface area contributed by atoms with Gasteiger partial charge in [0.1, 0.15) is 6.61 Å². The van der Waals surface area contributed by atoms with Crippen LogP contribution in [0.3, 0.4) is 0 Å². The minimum Gasteiger partial charge on any atom is -0.485 e. The fourth-order valence-electron chi connectivity index (χ4n) is 4.45. The highest BCUT2D eigenvalue weighted by Gasteiger charge is 2.33. The number of H-pyrrole nitrogens is 1. The van der Waals surface area contributed by atoms with E-state index in [1.54, 1.807) is 4.90 Å². The number of carbonyl (C=O) groups excluding carboxylic acids is 2. The van der Waals surface area contributed by atoms with E-state index in [0.29, 0.717) is 44.1 Å². The molecule has 7 nitrogen and oxygen atoms in total. The van der Waals surface area contributed by atoms with E-state index in [9.17, 15) is 9.59 Å². The lowest BCUT2D eigenvalue weighted by molar-refractivity contribution is -0.146. The van der Waals surface area contributed by atoms with Gasteiger partial charge in [-0.25, -0.2) is 0 Å². The average molecular weight is 434 g/mol. The number of nitrogens with zero attached hydrogens (tertiary/aromatic N) is 2. The minimum atomic E-state index is -0.636. The van der Waals surface area contributed by atoms with Gasteiger partial charge in [0, 0.05) is 49.7 Å². The molecular weight excluding hydrogens is 406 g/mol. The predicted octanol–water partition coefficient (Wildman–Crippen LogP) is 3.00. The number of hydrogen-bond acceptors (Lipinski definition) is 4. The van der Waals surface area contributed by atoms with Crippen LogP contribution in [-0.2, 0) is 16.0 Å². The highest BCUT2D eigenvalue weighted by molar-refractivity contribution is 5.84. The quantitative estimate of drug-likeness (QED) is 0.671. The van der Waals surface area contributed by atoms with Gasteiger partial charge in [0.15, 0.2) is 11.5 Å². The van der Waals surface area contributed by atoms with Gasteiger partial charge in [-0.05, 0) is 36.6 Å². The molecule has 2 aliphatic rings. The molecule has 1 saturated heterocycles. The number of benzene rings is 2. The summed E-state index contributed by atoms with van der Waals surface area (Å²) in [6, 6.07) is 15.6. The van der Waals surface area contributed by atoms with E-state index in [2.05, 4.69) is 17.1 Å². The van der Waals surface area contributed by atoms with Crippen molar-refractivity contribution in [3.63, 3.8) is 0 Å². The number of piperazine rings is 1. The fraction of sp³-hybridized carbons (Fsp3) is 0.360. The van der Waals surface area contributed by atoms with Crippen LogP contribution >= 0.6 is 0 Å². The number of hydrogen-bond donors (Lipinski definition) is 1. The summed E-state index contributed by atoms with van der Waals surface area (Å²) in [6.07, 6.45) is 3.60. The van der Waals surface area contributed by atoms with Crippen molar-refractivity contribution in [3.8, 4) is 11.5 Å². The van der Waals surface area contributed by atoms with Gasteiger partial charge in [-0.1, -0.05) is 30.3 Å². The molecule has 166 valence electrons. The highest BCUT2D eigenvalue weighted by atomic mass is 16.6. The molecule has 2 aromatic carbocycles. The Labute approximate surface area is 186 Å². The van der Waals surface area contributed by atoms with E-state index < -0.39 is 6.10 Å². The smallest absolute Gasteiger partial charge is 0.267 e. The second kappa shape index (κ2) is 8.94. The molecule has 0 spiro atoms.